The fourth-order valence-electron chi connectivity index (χ4n) is 4.05. The van der Waals surface area contributed by atoms with Gasteiger partial charge in [0.15, 0.2) is 0 Å². The SMILES string of the molecule is CC(C)C(=O)Nc1cccc(C2CCN(CCCCc3ccc(N[O-])cc3)CC2)c1. The number of rotatable bonds is 9. The molecule has 1 heterocycles. The number of nitrogens with zero attached hydrogens (tertiary/aromatic N) is 1. The fraction of sp³-hybridized carbons (Fsp3) is 0.480. The van der Waals surface area contributed by atoms with Crippen LogP contribution in [0.25, 0.3) is 0 Å². The Morgan fingerprint density at radius 3 is 2.47 bits per heavy atom. The number of benzene rings is 2. The van der Waals surface area contributed by atoms with Gasteiger partial charge in [0, 0.05) is 17.3 Å². The summed E-state index contributed by atoms with van der Waals surface area (Å²) >= 11 is 0. The minimum Gasteiger partial charge on any atom is -0.761 e. The van der Waals surface area contributed by atoms with Crippen molar-refractivity contribution in [1.29, 1.82) is 0 Å². The van der Waals surface area contributed by atoms with Crippen LogP contribution in [-0.4, -0.2) is 30.4 Å². The Kier molecular flexibility index (Phi) is 8.29. The van der Waals surface area contributed by atoms with Crippen molar-refractivity contribution < 1.29 is 4.79 Å². The average Bonchev–Trinajstić information content (AvgIpc) is 2.77. The highest BCUT2D eigenvalue weighted by Gasteiger charge is 2.20. The van der Waals surface area contributed by atoms with E-state index in [1.165, 1.54) is 36.8 Å². The summed E-state index contributed by atoms with van der Waals surface area (Å²) in [7, 11) is 0. The number of carbonyl (C=O) groups excluding carboxylic acids is 1. The molecule has 3 rings (SSSR count). The lowest BCUT2D eigenvalue weighted by atomic mass is 9.89. The molecule has 2 aromatic carbocycles. The van der Waals surface area contributed by atoms with Gasteiger partial charge in [-0.25, -0.2) is 0 Å². The third-order valence-electron chi connectivity index (χ3n) is 6.00. The molecule has 0 spiro atoms. The summed E-state index contributed by atoms with van der Waals surface area (Å²) in [6.45, 7) is 7.25. The number of anilines is 2. The van der Waals surface area contributed by atoms with E-state index in [1.807, 2.05) is 49.7 Å². The lowest BCUT2D eigenvalue weighted by Crippen LogP contribution is -2.33. The van der Waals surface area contributed by atoms with Crippen LogP contribution in [0.4, 0.5) is 11.4 Å². The van der Waals surface area contributed by atoms with E-state index in [2.05, 4.69) is 28.4 Å². The Morgan fingerprint density at radius 1 is 1.07 bits per heavy atom. The molecule has 1 saturated heterocycles. The first-order chi connectivity index (χ1) is 14.5. The number of unbranched alkanes of at least 4 members (excludes halogenated alkanes) is 1. The Morgan fingerprint density at radius 2 is 1.80 bits per heavy atom. The van der Waals surface area contributed by atoms with E-state index in [0.29, 0.717) is 11.6 Å². The van der Waals surface area contributed by atoms with E-state index in [1.54, 1.807) is 0 Å². The zero-order valence-corrected chi connectivity index (χ0v) is 18.2. The molecule has 0 aromatic heterocycles. The van der Waals surface area contributed by atoms with Gasteiger partial charge in [0.1, 0.15) is 0 Å². The molecule has 5 heteroatoms. The molecule has 0 radical (unpaired) electrons. The third-order valence-corrected chi connectivity index (χ3v) is 6.00. The molecule has 1 fully saturated rings. The molecule has 0 bridgehead atoms. The van der Waals surface area contributed by atoms with Gasteiger partial charge in [0.2, 0.25) is 5.91 Å². The number of aryl methyl sites for hydroxylation is 1. The second-order valence-electron chi connectivity index (χ2n) is 8.64. The molecule has 1 amide bonds. The lowest BCUT2D eigenvalue weighted by Gasteiger charge is -2.32. The van der Waals surface area contributed by atoms with Gasteiger partial charge in [-0.3, -0.25) is 4.79 Å². The first-order valence-electron chi connectivity index (χ1n) is 11.2. The Hall–Kier alpha value is -2.37. The number of carbonyl (C=O) groups is 1. The van der Waals surface area contributed by atoms with E-state index in [0.717, 1.165) is 31.7 Å². The molecule has 162 valence electrons. The zero-order valence-electron chi connectivity index (χ0n) is 18.2. The predicted octanol–water partition coefficient (Wildman–Crippen LogP) is 5.39. The van der Waals surface area contributed by atoms with Gasteiger partial charge in [0.25, 0.3) is 0 Å². The highest BCUT2D eigenvalue weighted by Crippen LogP contribution is 2.29. The summed E-state index contributed by atoms with van der Waals surface area (Å²) in [4.78, 5) is 14.5. The van der Waals surface area contributed by atoms with Crippen molar-refractivity contribution >= 4 is 17.3 Å². The van der Waals surface area contributed by atoms with Gasteiger partial charge in [-0.2, -0.15) is 0 Å². The first kappa shape index (κ1) is 22.3. The number of hydrogen-bond acceptors (Lipinski definition) is 4. The van der Waals surface area contributed by atoms with Crippen LogP contribution in [-0.2, 0) is 11.2 Å². The molecule has 2 N–H and O–H groups in total. The van der Waals surface area contributed by atoms with Crippen LogP contribution in [0.3, 0.4) is 0 Å². The molecule has 2 aromatic rings. The van der Waals surface area contributed by atoms with E-state index in [4.69, 9.17) is 0 Å². The maximum Gasteiger partial charge on any atom is 0.226 e. The molecule has 30 heavy (non-hydrogen) atoms. The molecule has 0 atom stereocenters. The highest BCUT2D eigenvalue weighted by atomic mass is 16.5. The third kappa shape index (κ3) is 6.57. The van der Waals surface area contributed by atoms with Gasteiger partial charge in [-0.1, -0.05) is 38.1 Å². The van der Waals surface area contributed by atoms with Crippen molar-refractivity contribution in [2.45, 2.75) is 51.9 Å². The Bertz CT molecular complexity index is 796. The van der Waals surface area contributed by atoms with Crippen LogP contribution in [0, 0.1) is 11.1 Å². The lowest BCUT2D eigenvalue weighted by molar-refractivity contribution is -0.118. The number of likely N-dealkylation sites (tertiary alicyclic amines) is 1. The van der Waals surface area contributed by atoms with Crippen LogP contribution in [0.2, 0.25) is 0 Å². The molecule has 0 unspecified atom stereocenters. The quantitative estimate of drug-likeness (QED) is 0.431. The Balaban J connectivity index is 1.38. The summed E-state index contributed by atoms with van der Waals surface area (Å²) in [5, 5.41) is 13.6. The topological polar surface area (TPSA) is 67.4 Å². The van der Waals surface area contributed by atoms with Crippen molar-refractivity contribution in [3.8, 4) is 0 Å². The van der Waals surface area contributed by atoms with Gasteiger partial charge < -0.3 is 20.9 Å². The zero-order chi connectivity index (χ0) is 21.3. The van der Waals surface area contributed by atoms with Crippen molar-refractivity contribution in [2.75, 3.05) is 30.4 Å². The Labute approximate surface area is 180 Å². The van der Waals surface area contributed by atoms with Crippen LogP contribution in [0.15, 0.2) is 48.5 Å². The molecule has 0 saturated carbocycles. The summed E-state index contributed by atoms with van der Waals surface area (Å²) in [5.74, 6) is 0.636. The van der Waals surface area contributed by atoms with E-state index in [9.17, 15) is 10.0 Å². The number of piperidine rings is 1. The van der Waals surface area contributed by atoms with Crippen molar-refractivity contribution in [3.05, 3.63) is 64.9 Å². The molecule has 1 aliphatic rings. The van der Waals surface area contributed by atoms with Crippen LogP contribution < -0.4 is 10.8 Å². The van der Waals surface area contributed by atoms with Gasteiger partial charge in [0.05, 0.1) is 0 Å². The van der Waals surface area contributed by atoms with E-state index < -0.39 is 0 Å². The second kappa shape index (κ2) is 11.1. The van der Waals surface area contributed by atoms with Crippen molar-refractivity contribution in [3.63, 3.8) is 0 Å². The summed E-state index contributed by atoms with van der Waals surface area (Å²) in [5.41, 5.74) is 6.08. The minimum absolute atomic E-state index is 0.00823. The van der Waals surface area contributed by atoms with E-state index in [-0.39, 0.29) is 11.8 Å². The second-order valence-corrected chi connectivity index (χ2v) is 8.64. The van der Waals surface area contributed by atoms with Gasteiger partial charge in [-0.05, 0) is 93.0 Å². The van der Waals surface area contributed by atoms with E-state index >= 15 is 0 Å². The average molecular weight is 409 g/mol. The monoisotopic (exact) mass is 408 g/mol. The van der Waals surface area contributed by atoms with Crippen molar-refractivity contribution in [1.82, 2.24) is 4.90 Å². The number of nitrogens with one attached hydrogen (secondary N) is 2. The number of amides is 1. The normalized spacial score (nSPS) is 15.3. The summed E-state index contributed by atoms with van der Waals surface area (Å²) in [6.07, 6.45) is 5.77. The fourth-order valence-corrected chi connectivity index (χ4v) is 4.05. The smallest absolute Gasteiger partial charge is 0.226 e. The first-order valence-corrected chi connectivity index (χ1v) is 11.2. The van der Waals surface area contributed by atoms with Crippen LogP contribution >= 0.6 is 0 Å². The summed E-state index contributed by atoms with van der Waals surface area (Å²) in [6, 6.07) is 16.1. The largest absolute Gasteiger partial charge is 0.761 e. The van der Waals surface area contributed by atoms with Gasteiger partial charge in [-0.15, -0.1) is 0 Å². The molecular weight excluding hydrogens is 374 g/mol. The van der Waals surface area contributed by atoms with Crippen LogP contribution in [0.5, 0.6) is 0 Å². The molecule has 5 nitrogen and oxygen atoms in total. The maximum absolute atomic E-state index is 12.0. The van der Waals surface area contributed by atoms with Crippen LogP contribution in [0.1, 0.15) is 56.6 Å². The minimum atomic E-state index is -0.00823. The molecule has 0 aliphatic carbocycles. The predicted molar refractivity (Wildman–Crippen MR) is 125 cm³/mol. The molecule has 1 aliphatic heterocycles. The summed E-state index contributed by atoms with van der Waals surface area (Å²) < 4.78 is 0. The maximum atomic E-state index is 12.0. The molecular formula is C25H34N3O2-. The standard InChI is InChI=1S/C25H34N3O2/c1-19(2)25(29)26-24-8-5-7-22(18-24)21-13-16-28(17-14-21)15-4-3-6-20-9-11-23(27-30)12-10-20/h5,7-12,18-19,21,27H,3-4,6,13-17H2,1-2H3,(H,26,29)/q-1. The highest BCUT2D eigenvalue weighted by molar-refractivity contribution is 5.92. The number of hydrogen-bond donors (Lipinski definition) is 2. The van der Waals surface area contributed by atoms with Gasteiger partial charge >= 0.3 is 0 Å². The van der Waals surface area contributed by atoms with Crippen molar-refractivity contribution in [2.24, 2.45) is 5.92 Å².